The van der Waals surface area contributed by atoms with Gasteiger partial charge in [0.2, 0.25) is 11.8 Å². The molecule has 1 unspecified atom stereocenters. The van der Waals surface area contributed by atoms with Gasteiger partial charge in [-0.1, -0.05) is 12.1 Å². The maximum Gasteiger partial charge on any atom is 0.242 e. The molecule has 1 heterocycles. The average Bonchev–Trinajstić information content (AvgIpc) is 2.64. The third-order valence-electron chi connectivity index (χ3n) is 3.37. The van der Waals surface area contributed by atoms with Crippen LogP contribution < -0.4 is 15.4 Å². The molecule has 0 aromatic heterocycles. The van der Waals surface area contributed by atoms with Gasteiger partial charge in [-0.15, -0.1) is 0 Å². The lowest BCUT2D eigenvalue weighted by Crippen LogP contribution is -2.45. The number of hydrogen-bond donors (Lipinski definition) is 2. The molecule has 2 rings (SSSR count). The minimum Gasteiger partial charge on any atom is -0.497 e. The van der Waals surface area contributed by atoms with Crippen molar-refractivity contribution in [2.45, 2.75) is 31.7 Å². The van der Waals surface area contributed by atoms with Gasteiger partial charge in [0, 0.05) is 6.54 Å². The lowest BCUT2D eigenvalue weighted by atomic mass is 10.1. The molecule has 5 nitrogen and oxygen atoms in total. The summed E-state index contributed by atoms with van der Waals surface area (Å²) in [6.45, 7) is 0.696. The van der Waals surface area contributed by atoms with Crippen molar-refractivity contribution in [1.29, 1.82) is 0 Å². The zero-order chi connectivity index (χ0) is 14.4. The molecule has 0 bridgehead atoms. The number of amides is 2. The molecule has 2 amide bonds. The van der Waals surface area contributed by atoms with Crippen LogP contribution in [-0.2, 0) is 16.0 Å². The van der Waals surface area contributed by atoms with Crippen LogP contribution in [0.2, 0.25) is 0 Å². The van der Waals surface area contributed by atoms with Crippen molar-refractivity contribution in [3.63, 3.8) is 0 Å². The van der Waals surface area contributed by atoms with Gasteiger partial charge in [-0.05, 0) is 37.0 Å². The summed E-state index contributed by atoms with van der Waals surface area (Å²) in [7, 11) is 1.59. The highest BCUT2D eigenvalue weighted by atomic mass is 16.5. The molecule has 0 spiro atoms. The molecule has 1 aromatic rings. The van der Waals surface area contributed by atoms with Crippen molar-refractivity contribution in [2.75, 3.05) is 13.7 Å². The first-order valence-corrected chi connectivity index (χ1v) is 6.89. The highest BCUT2D eigenvalue weighted by Crippen LogP contribution is 2.13. The fourth-order valence-electron chi connectivity index (χ4n) is 2.29. The molecule has 0 aliphatic carbocycles. The lowest BCUT2D eigenvalue weighted by molar-refractivity contribution is -0.128. The Labute approximate surface area is 118 Å². The quantitative estimate of drug-likeness (QED) is 0.863. The van der Waals surface area contributed by atoms with Gasteiger partial charge in [-0.3, -0.25) is 9.59 Å². The van der Waals surface area contributed by atoms with Crippen LogP contribution in [0.5, 0.6) is 5.75 Å². The van der Waals surface area contributed by atoms with Crippen molar-refractivity contribution >= 4 is 11.8 Å². The number of hydrogen-bond acceptors (Lipinski definition) is 3. The Morgan fingerprint density at radius 1 is 1.45 bits per heavy atom. The van der Waals surface area contributed by atoms with E-state index in [4.69, 9.17) is 4.74 Å². The van der Waals surface area contributed by atoms with Crippen LogP contribution in [0.4, 0.5) is 0 Å². The Balaban J connectivity index is 1.92. The molecule has 1 aromatic carbocycles. The maximum atomic E-state index is 12.0. The third kappa shape index (κ3) is 3.98. The van der Waals surface area contributed by atoms with Crippen LogP contribution in [0.3, 0.4) is 0 Å². The number of ether oxygens (including phenoxy) is 1. The largest absolute Gasteiger partial charge is 0.497 e. The Bertz CT molecular complexity index is 488. The number of nitrogens with one attached hydrogen (secondary N) is 2. The Kier molecular flexibility index (Phi) is 4.98. The summed E-state index contributed by atoms with van der Waals surface area (Å²) in [6.07, 6.45) is 2.87. The van der Waals surface area contributed by atoms with Gasteiger partial charge in [0.1, 0.15) is 11.8 Å². The van der Waals surface area contributed by atoms with Crippen molar-refractivity contribution in [3.8, 4) is 5.75 Å². The van der Waals surface area contributed by atoms with Crippen molar-refractivity contribution < 1.29 is 14.3 Å². The fraction of sp³-hybridized carbons (Fsp3) is 0.467. The van der Waals surface area contributed by atoms with E-state index in [1.165, 1.54) is 0 Å². The van der Waals surface area contributed by atoms with E-state index < -0.39 is 6.04 Å². The standard InChI is InChI=1S/C15H20N2O3/c1-20-12-6-4-5-11(9-12)10-14(18)17-13-7-2-3-8-16-15(13)19/h4-6,9,13H,2-3,7-8,10H2,1H3,(H,16,19)(H,17,18). The Morgan fingerprint density at radius 2 is 2.30 bits per heavy atom. The molecular formula is C15H20N2O3. The molecule has 1 aliphatic heterocycles. The Hall–Kier alpha value is -2.04. The second-order valence-electron chi connectivity index (χ2n) is 4.94. The van der Waals surface area contributed by atoms with Crippen LogP contribution in [-0.4, -0.2) is 31.5 Å². The summed E-state index contributed by atoms with van der Waals surface area (Å²) < 4.78 is 5.12. The topological polar surface area (TPSA) is 67.4 Å². The van der Waals surface area contributed by atoms with E-state index in [1.54, 1.807) is 7.11 Å². The number of benzene rings is 1. The minimum atomic E-state index is -0.407. The molecule has 0 saturated carbocycles. The van der Waals surface area contributed by atoms with E-state index in [-0.39, 0.29) is 18.2 Å². The molecule has 1 aliphatic rings. The van der Waals surface area contributed by atoms with E-state index in [0.717, 1.165) is 24.2 Å². The monoisotopic (exact) mass is 276 g/mol. The van der Waals surface area contributed by atoms with Gasteiger partial charge in [0.25, 0.3) is 0 Å². The van der Waals surface area contributed by atoms with E-state index in [2.05, 4.69) is 10.6 Å². The van der Waals surface area contributed by atoms with Gasteiger partial charge in [-0.25, -0.2) is 0 Å². The first kappa shape index (κ1) is 14.4. The van der Waals surface area contributed by atoms with Crippen LogP contribution in [0.25, 0.3) is 0 Å². The predicted octanol–water partition coefficient (Wildman–Crippen LogP) is 1.02. The van der Waals surface area contributed by atoms with E-state index in [1.807, 2.05) is 24.3 Å². The SMILES string of the molecule is COc1cccc(CC(=O)NC2CCCCNC2=O)c1. The van der Waals surface area contributed by atoms with Crippen LogP contribution >= 0.6 is 0 Å². The second kappa shape index (κ2) is 6.93. The minimum absolute atomic E-state index is 0.0820. The first-order chi connectivity index (χ1) is 9.69. The van der Waals surface area contributed by atoms with Crippen molar-refractivity contribution in [1.82, 2.24) is 10.6 Å². The molecule has 108 valence electrons. The summed E-state index contributed by atoms with van der Waals surface area (Å²) in [5, 5.41) is 5.61. The molecule has 1 fully saturated rings. The number of carbonyl (C=O) groups is 2. The first-order valence-electron chi connectivity index (χ1n) is 6.89. The summed E-state index contributed by atoms with van der Waals surface area (Å²) in [5.74, 6) is 0.504. The fourth-order valence-corrected chi connectivity index (χ4v) is 2.29. The van der Waals surface area contributed by atoms with Gasteiger partial charge < -0.3 is 15.4 Å². The highest BCUT2D eigenvalue weighted by Gasteiger charge is 2.22. The highest BCUT2D eigenvalue weighted by molar-refractivity contribution is 5.88. The number of carbonyl (C=O) groups excluding carboxylic acids is 2. The van der Waals surface area contributed by atoms with Crippen molar-refractivity contribution in [3.05, 3.63) is 29.8 Å². The van der Waals surface area contributed by atoms with Crippen LogP contribution in [0, 0.1) is 0 Å². The van der Waals surface area contributed by atoms with Gasteiger partial charge in [-0.2, -0.15) is 0 Å². The molecule has 0 radical (unpaired) electrons. The zero-order valence-electron chi connectivity index (χ0n) is 11.6. The van der Waals surface area contributed by atoms with Gasteiger partial charge in [0.05, 0.1) is 13.5 Å². The zero-order valence-corrected chi connectivity index (χ0v) is 11.6. The lowest BCUT2D eigenvalue weighted by Gasteiger charge is -2.15. The van der Waals surface area contributed by atoms with Crippen LogP contribution in [0.1, 0.15) is 24.8 Å². The van der Waals surface area contributed by atoms with Gasteiger partial charge in [0.15, 0.2) is 0 Å². The summed E-state index contributed by atoms with van der Waals surface area (Å²) in [4.78, 5) is 23.8. The summed E-state index contributed by atoms with van der Waals surface area (Å²) in [6, 6.07) is 6.97. The molecule has 20 heavy (non-hydrogen) atoms. The number of methoxy groups -OCH3 is 1. The summed E-state index contributed by atoms with van der Waals surface area (Å²) in [5.41, 5.74) is 0.871. The average molecular weight is 276 g/mol. The molecule has 2 N–H and O–H groups in total. The molecule has 1 saturated heterocycles. The van der Waals surface area contributed by atoms with Crippen LogP contribution in [0.15, 0.2) is 24.3 Å². The smallest absolute Gasteiger partial charge is 0.242 e. The molecule has 5 heteroatoms. The van der Waals surface area contributed by atoms with Crippen molar-refractivity contribution in [2.24, 2.45) is 0 Å². The summed E-state index contributed by atoms with van der Waals surface area (Å²) >= 11 is 0. The number of rotatable bonds is 4. The maximum absolute atomic E-state index is 12.0. The molecular weight excluding hydrogens is 256 g/mol. The Morgan fingerprint density at radius 3 is 3.10 bits per heavy atom. The predicted molar refractivity (Wildman–Crippen MR) is 75.5 cm³/mol. The third-order valence-corrected chi connectivity index (χ3v) is 3.37. The van der Waals surface area contributed by atoms with E-state index in [0.29, 0.717) is 13.0 Å². The second-order valence-corrected chi connectivity index (χ2v) is 4.94. The van der Waals surface area contributed by atoms with Gasteiger partial charge >= 0.3 is 0 Å². The van der Waals surface area contributed by atoms with E-state index in [9.17, 15) is 9.59 Å². The normalized spacial score (nSPS) is 18.9. The molecule has 1 atom stereocenters. The van der Waals surface area contributed by atoms with E-state index >= 15 is 0 Å².